The Kier molecular flexibility index (Phi) is 4.87. The average Bonchev–Trinajstić information content (AvgIpc) is 2.80. The number of halogens is 1. The molecule has 2 aromatic rings. The van der Waals surface area contributed by atoms with Crippen molar-refractivity contribution in [2.75, 3.05) is 19.4 Å². The Morgan fingerprint density at radius 1 is 1.07 bits per heavy atom. The highest BCUT2D eigenvalue weighted by Gasteiger charge is 2.49. The van der Waals surface area contributed by atoms with E-state index in [9.17, 15) is 4.79 Å². The highest BCUT2D eigenvalue weighted by molar-refractivity contribution is 6.30. The molecule has 3 atom stereocenters. The number of rotatable bonds is 3. The maximum atomic E-state index is 12.6. The highest BCUT2D eigenvalue weighted by atomic mass is 35.5. The third kappa shape index (κ3) is 3.69. The summed E-state index contributed by atoms with van der Waals surface area (Å²) in [7, 11) is 4.61. The number of hydrogen-bond acceptors (Lipinski definition) is 2. The maximum absolute atomic E-state index is 12.6. The van der Waals surface area contributed by atoms with Crippen LogP contribution in [0.4, 0.5) is 10.5 Å². The lowest BCUT2D eigenvalue weighted by molar-refractivity contribution is -0.931. The Morgan fingerprint density at radius 2 is 1.78 bits per heavy atom. The van der Waals surface area contributed by atoms with Gasteiger partial charge in [0.1, 0.15) is 6.10 Å². The van der Waals surface area contributed by atoms with E-state index >= 15 is 0 Å². The van der Waals surface area contributed by atoms with Crippen LogP contribution in [0.2, 0.25) is 5.02 Å². The van der Waals surface area contributed by atoms with E-state index in [0.717, 1.165) is 34.1 Å². The average molecular weight is 386 g/mol. The zero-order valence-corrected chi connectivity index (χ0v) is 16.6. The van der Waals surface area contributed by atoms with Crippen molar-refractivity contribution in [3.05, 3.63) is 53.6 Å². The minimum atomic E-state index is -0.374. The van der Waals surface area contributed by atoms with Crippen molar-refractivity contribution >= 4 is 23.4 Å². The molecular formula is C22H26ClN2O2+. The quantitative estimate of drug-likeness (QED) is 0.725. The van der Waals surface area contributed by atoms with Crippen LogP contribution in [-0.4, -0.2) is 42.9 Å². The van der Waals surface area contributed by atoms with Gasteiger partial charge in [-0.25, -0.2) is 4.79 Å². The smallest absolute Gasteiger partial charge is 0.411 e. The van der Waals surface area contributed by atoms with E-state index in [2.05, 4.69) is 19.4 Å². The van der Waals surface area contributed by atoms with Gasteiger partial charge in [-0.3, -0.25) is 5.32 Å². The number of amides is 1. The van der Waals surface area contributed by atoms with Crippen molar-refractivity contribution in [1.29, 1.82) is 0 Å². The number of benzene rings is 2. The number of anilines is 1. The molecule has 0 aliphatic carbocycles. The minimum Gasteiger partial charge on any atom is -0.445 e. The van der Waals surface area contributed by atoms with E-state index in [1.807, 2.05) is 48.5 Å². The first-order chi connectivity index (χ1) is 12.9. The molecule has 2 aromatic carbocycles. The Hall–Kier alpha value is -2.04. The first-order valence-electron chi connectivity index (χ1n) is 9.59. The van der Waals surface area contributed by atoms with Crippen LogP contribution < -0.4 is 5.32 Å². The molecule has 0 aromatic heterocycles. The van der Waals surface area contributed by atoms with Gasteiger partial charge >= 0.3 is 6.09 Å². The molecule has 0 saturated carbocycles. The summed E-state index contributed by atoms with van der Waals surface area (Å²) in [6.07, 6.45) is 4.00. The van der Waals surface area contributed by atoms with Crippen molar-refractivity contribution in [1.82, 2.24) is 0 Å². The molecule has 2 aliphatic rings. The van der Waals surface area contributed by atoms with Gasteiger partial charge in [0, 0.05) is 36.3 Å². The summed E-state index contributed by atoms with van der Waals surface area (Å²) < 4.78 is 6.87. The van der Waals surface area contributed by atoms with Gasteiger partial charge in [-0.15, -0.1) is 0 Å². The van der Waals surface area contributed by atoms with Crippen molar-refractivity contribution in [2.24, 2.45) is 0 Å². The monoisotopic (exact) mass is 385 g/mol. The van der Waals surface area contributed by atoms with Crippen LogP contribution in [0.25, 0.3) is 11.1 Å². The molecule has 1 amide bonds. The molecule has 2 heterocycles. The van der Waals surface area contributed by atoms with Crippen LogP contribution in [0.15, 0.2) is 48.5 Å². The largest absolute Gasteiger partial charge is 0.445 e. The lowest BCUT2D eigenvalue weighted by Gasteiger charge is -2.43. The molecule has 4 rings (SSSR count). The third-order valence-electron chi connectivity index (χ3n) is 6.36. The standard InChI is InChI=1S/C22H25ClN2O2/c1-25(2)17-10-11-18(25)14-19(13-17)27-22(26)24-21-9-4-3-8-20(21)15-6-5-7-16(23)12-15/h3-9,12,17-19H,10-11,13-14H2,1-2H3/p+1/t17-,18+,19?. The number of piperidine rings is 1. The number of nitrogens with zero attached hydrogens (tertiary/aromatic N) is 1. The molecule has 2 fully saturated rings. The number of fused-ring (bicyclic) bond motifs is 2. The normalized spacial score (nSPS) is 25.8. The lowest BCUT2D eigenvalue weighted by atomic mass is 9.98. The zero-order valence-electron chi connectivity index (χ0n) is 15.8. The predicted octanol–water partition coefficient (Wildman–Crippen LogP) is 5.33. The lowest BCUT2D eigenvalue weighted by Crippen LogP contribution is -2.56. The fraction of sp³-hybridized carbons (Fsp3) is 0.409. The SMILES string of the molecule is C[N+]1(C)[C@@H]2CC[C@H]1CC(OC(=O)Nc1ccccc1-c1cccc(Cl)c1)C2. The molecule has 2 saturated heterocycles. The summed E-state index contributed by atoms with van der Waals surface area (Å²) in [5, 5.41) is 3.61. The summed E-state index contributed by atoms with van der Waals surface area (Å²) in [6.45, 7) is 0. The van der Waals surface area contributed by atoms with E-state index in [1.165, 1.54) is 12.8 Å². The van der Waals surface area contributed by atoms with E-state index < -0.39 is 0 Å². The minimum absolute atomic E-state index is 0.00646. The first kappa shape index (κ1) is 18.3. The molecule has 2 aliphatic heterocycles. The van der Waals surface area contributed by atoms with Crippen LogP contribution in [0.1, 0.15) is 25.7 Å². The van der Waals surface area contributed by atoms with Crippen molar-refractivity contribution < 1.29 is 14.0 Å². The van der Waals surface area contributed by atoms with Gasteiger partial charge in [0.05, 0.1) is 31.9 Å². The summed E-state index contributed by atoms with van der Waals surface area (Å²) in [4.78, 5) is 12.6. The van der Waals surface area contributed by atoms with E-state index in [4.69, 9.17) is 16.3 Å². The van der Waals surface area contributed by atoms with Crippen LogP contribution in [0, 0.1) is 0 Å². The molecule has 0 radical (unpaired) electrons. The fourth-order valence-electron chi connectivity index (χ4n) is 4.72. The van der Waals surface area contributed by atoms with Crippen molar-refractivity contribution in [3.8, 4) is 11.1 Å². The predicted molar refractivity (Wildman–Crippen MR) is 109 cm³/mol. The molecule has 27 heavy (non-hydrogen) atoms. The van der Waals surface area contributed by atoms with Gasteiger partial charge < -0.3 is 9.22 Å². The van der Waals surface area contributed by atoms with Crippen molar-refractivity contribution in [2.45, 2.75) is 43.9 Å². The second-order valence-electron chi connectivity index (χ2n) is 8.19. The molecule has 1 unspecified atom stereocenters. The number of hydrogen-bond donors (Lipinski definition) is 1. The molecule has 2 bridgehead atoms. The molecular weight excluding hydrogens is 360 g/mol. The van der Waals surface area contributed by atoms with Gasteiger partial charge in [0.2, 0.25) is 0 Å². The van der Waals surface area contributed by atoms with Gasteiger partial charge in [-0.1, -0.05) is 41.9 Å². The van der Waals surface area contributed by atoms with Crippen LogP contribution >= 0.6 is 11.6 Å². The zero-order chi connectivity index (χ0) is 19.0. The Labute approximate surface area is 165 Å². The molecule has 5 heteroatoms. The second kappa shape index (κ2) is 7.17. The fourth-order valence-corrected chi connectivity index (χ4v) is 4.91. The molecule has 142 valence electrons. The maximum Gasteiger partial charge on any atom is 0.411 e. The van der Waals surface area contributed by atoms with E-state index in [1.54, 1.807) is 0 Å². The summed E-state index contributed by atoms with van der Waals surface area (Å²) in [5.74, 6) is 0. The van der Waals surface area contributed by atoms with Gasteiger partial charge in [0.15, 0.2) is 0 Å². The Morgan fingerprint density at radius 3 is 2.48 bits per heavy atom. The molecule has 1 N–H and O–H groups in total. The van der Waals surface area contributed by atoms with Crippen LogP contribution in [0.3, 0.4) is 0 Å². The summed E-state index contributed by atoms with van der Waals surface area (Å²) in [6, 6.07) is 16.5. The van der Waals surface area contributed by atoms with E-state index in [-0.39, 0.29) is 12.2 Å². The summed E-state index contributed by atoms with van der Waals surface area (Å²) >= 11 is 6.12. The third-order valence-corrected chi connectivity index (χ3v) is 6.59. The number of quaternary nitrogens is 1. The van der Waals surface area contributed by atoms with Crippen LogP contribution in [-0.2, 0) is 4.74 Å². The number of para-hydroxylation sites is 1. The number of carbonyl (C=O) groups is 1. The van der Waals surface area contributed by atoms with Gasteiger partial charge in [-0.05, 0) is 23.8 Å². The molecule has 4 nitrogen and oxygen atoms in total. The number of carbonyl (C=O) groups excluding carboxylic acids is 1. The molecule has 0 spiro atoms. The topological polar surface area (TPSA) is 38.3 Å². The van der Waals surface area contributed by atoms with Gasteiger partial charge in [0.25, 0.3) is 0 Å². The Balaban J connectivity index is 1.45. The Bertz CT molecular complexity index is 836. The van der Waals surface area contributed by atoms with Gasteiger partial charge in [-0.2, -0.15) is 0 Å². The van der Waals surface area contributed by atoms with Crippen molar-refractivity contribution in [3.63, 3.8) is 0 Å². The first-order valence-corrected chi connectivity index (χ1v) is 9.97. The number of nitrogens with one attached hydrogen (secondary N) is 1. The highest BCUT2D eigenvalue weighted by Crippen LogP contribution is 2.40. The van der Waals surface area contributed by atoms with Crippen LogP contribution in [0.5, 0.6) is 0 Å². The summed E-state index contributed by atoms with van der Waals surface area (Å²) in [5.41, 5.74) is 2.63. The second-order valence-corrected chi connectivity index (χ2v) is 8.63. The number of ether oxygens (including phenoxy) is 1. The van der Waals surface area contributed by atoms with E-state index in [0.29, 0.717) is 17.1 Å².